The number of ether oxygens (including phenoxy) is 1. The van der Waals surface area contributed by atoms with E-state index in [-0.39, 0.29) is 18.1 Å². The molecule has 10 heteroatoms. The lowest BCUT2D eigenvalue weighted by atomic mass is 10.2. The van der Waals surface area contributed by atoms with Gasteiger partial charge in [0.05, 0.1) is 24.0 Å². The van der Waals surface area contributed by atoms with Crippen LogP contribution in [0.2, 0.25) is 0 Å². The summed E-state index contributed by atoms with van der Waals surface area (Å²) in [5.74, 6) is -0.872. The molecule has 1 aromatic carbocycles. The first kappa shape index (κ1) is 21.8. The SMILES string of the molecule is CCOC(=O)c1sc2ncn(C(C)C(=O)Nc3nc(-c4ccccc4)cs3)c(=O)c2c1C. The van der Waals surface area contributed by atoms with Crippen LogP contribution in [0, 0.1) is 6.92 Å². The number of fused-ring (bicyclic) bond motifs is 1. The summed E-state index contributed by atoms with van der Waals surface area (Å²) in [4.78, 5) is 47.6. The van der Waals surface area contributed by atoms with Crippen molar-refractivity contribution in [2.24, 2.45) is 0 Å². The third-order valence-electron chi connectivity index (χ3n) is 4.94. The fourth-order valence-electron chi connectivity index (χ4n) is 3.21. The maximum atomic E-state index is 13.1. The summed E-state index contributed by atoms with van der Waals surface area (Å²) in [6, 6.07) is 8.82. The molecular formula is C22H20N4O4S2. The number of benzene rings is 1. The van der Waals surface area contributed by atoms with Gasteiger partial charge in [-0.2, -0.15) is 0 Å². The Kier molecular flexibility index (Phi) is 6.15. The molecule has 0 aliphatic carbocycles. The molecule has 1 N–H and O–H groups in total. The molecule has 0 saturated heterocycles. The second-order valence-corrected chi connectivity index (χ2v) is 8.84. The second-order valence-electron chi connectivity index (χ2n) is 6.98. The number of thiophene rings is 1. The van der Waals surface area contributed by atoms with Crippen LogP contribution in [0.5, 0.6) is 0 Å². The molecule has 1 unspecified atom stereocenters. The molecule has 0 fully saturated rings. The summed E-state index contributed by atoms with van der Waals surface area (Å²) in [6.07, 6.45) is 1.33. The number of nitrogens with one attached hydrogen (secondary N) is 1. The minimum Gasteiger partial charge on any atom is -0.462 e. The predicted octanol–water partition coefficient (Wildman–Crippen LogP) is 4.27. The van der Waals surface area contributed by atoms with Gasteiger partial charge >= 0.3 is 5.97 Å². The van der Waals surface area contributed by atoms with Crippen molar-refractivity contribution in [1.82, 2.24) is 14.5 Å². The number of hydrogen-bond acceptors (Lipinski definition) is 8. The minimum absolute atomic E-state index is 0.240. The molecule has 1 atom stereocenters. The van der Waals surface area contributed by atoms with Crippen LogP contribution in [0.3, 0.4) is 0 Å². The zero-order chi connectivity index (χ0) is 22.8. The van der Waals surface area contributed by atoms with Crippen LogP contribution >= 0.6 is 22.7 Å². The molecule has 164 valence electrons. The van der Waals surface area contributed by atoms with E-state index < -0.39 is 12.0 Å². The highest BCUT2D eigenvalue weighted by atomic mass is 32.1. The van der Waals surface area contributed by atoms with Gasteiger partial charge in [0.25, 0.3) is 5.56 Å². The van der Waals surface area contributed by atoms with E-state index in [2.05, 4.69) is 15.3 Å². The maximum Gasteiger partial charge on any atom is 0.348 e. The van der Waals surface area contributed by atoms with E-state index in [1.54, 1.807) is 20.8 Å². The first-order valence-electron chi connectivity index (χ1n) is 9.89. The van der Waals surface area contributed by atoms with Crippen molar-refractivity contribution >= 4 is 49.9 Å². The smallest absolute Gasteiger partial charge is 0.348 e. The Hall–Kier alpha value is -3.37. The fourth-order valence-corrected chi connectivity index (χ4v) is 4.97. The first-order chi connectivity index (χ1) is 15.4. The van der Waals surface area contributed by atoms with Crippen molar-refractivity contribution < 1.29 is 14.3 Å². The van der Waals surface area contributed by atoms with E-state index in [9.17, 15) is 14.4 Å². The van der Waals surface area contributed by atoms with Crippen LogP contribution in [0.4, 0.5) is 5.13 Å². The summed E-state index contributed by atoms with van der Waals surface area (Å²) in [7, 11) is 0. The van der Waals surface area contributed by atoms with Gasteiger partial charge in [0.2, 0.25) is 5.91 Å². The van der Waals surface area contributed by atoms with Crippen LogP contribution in [0.1, 0.15) is 35.1 Å². The van der Waals surface area contributed by atoms with E-state index in [4.69, 9.17) is 4.74 Å². The summed E-state index contributed by atoms with van der Waals surface area (Å²) >= 11 is 2.42. The molecule has 8 nitrogen and oxygen atoms in total. The molecule has 32 heavy (non-hydrogen) atoms. The number of carbonyl (C=O) groups excluding carboxylic acids is 2. The van der Waals surface area contributed by atoms with Gasteiger partial charge < -0.3 is 10.1 Å². The van der Waals surface area contributed by atoms with Gasteiger partial charge in [-0.1, -0.05) is 30.3 Å². The summed E-state index contributed by atoms with van der Waals surface area (Å²) in [5, 5.41) is 5.40. The van der Waals surface area contributed by atoms with Crippen molar-refractivity contribution in [3.63, 3.8) is 0 Å². The Morgan fingerprint density at radius 3 is 2.72 bits per heavy atom. The lowest BCUT2D eigenvalue weighted by molar-refractivity contribution is -0.118. The number of anilines is 1. The zero-order valence-electron chi connectivity index (χ0n) is 17.6. The number of esters is 1. The molecule has 0 aliphatic rings. The molecule has 3 heterocycles. The highest BCUT2D eigenvalue weighted by Crippen LogP contribution is 2.28. The number of carbonyl (C=O) groups is 2. The third kappa shape index (κ3) is 4.06. The fraction of sp³-hybridized carbons (Fsp3) is 0.227. The number of aryl methyl sites for hydroxylation is 1. The monoisotopic (exact) mass is 468 g/mol. The Morgan fingerprint density at radius 2 is 2.00 bits per heavy atom. The van der Waals surface area contributed by atoms with Crippen LogP contribution in [0.15, 0.2) is 46.8 Å². The minimum atomic E-state index is -0.825. The average molecular weight is 469 g/mol. The standard InChI is InChI=1S/C22H20N4O4S2/c1-4-30-21(29)17-12(2)16-19(32-17)23-11-26(20(16)28)13(3)18(27)25-22-24-15(10-31-22)14-8-6-5-7-9-14/h5-11,13H,4H2,1-3H3,(H,24,25,27). The van der Waals surface area contributed by atoms with Crippen molar-refractivity contribution in [2.75, 3.05) is 11.9 Å². The summed E-state index contributed by atoms with van der Waals surface area (Å²) in [5.41, 5.74) is 1.84. The molecule has 0 saturated carbocycles. The van der Waals surface area contributed by atoms with Crippen molar-refractivity contribution in [3.05, 3.63) is 62.8 Å². The topological polar surface area (TPSA) is 103 Å². The number of amides is 1. The average Bonchev–Trinajstić information content (AvgIpc) is 3.39. The number of hydrogen-bond donors (Lipinski definition) is 1. The molecule has 0 bridgehead atoms. The predicted molar refractivity (Wildman–Crippen MR) is 125 cm³/mol. The third-order valence-corrected chi connectivity index (χ3v) is 6.87. The molecule has 0 radical (unpaired) electrons. The van der Waals surface area contributed by atoms with Gasteiger partial charge in [0.1, 0.15) is 15.7 Å². The zero-order valence-corrected chi connectivity index (χ0v) is 19.3. The first-order valence-corrected chi connectivity index (χ1v) is 11.6. The largest absolute Gasteiger partial charge is 0.462 e. The van der Waals surface area contributed by atoms with Crippen LogP contribution in [0.25, 0.3) is 21.5 Å². The molecule has 4 rings (SSSR count). The lowest BCUT2D eigenvalue weighted by Crippen LogP contribution is -2.31. The van der Waals surface area contributed by atoms with Gasteiger partial charge in [-0.15, -0.1) is 22.7 Å². The van der Waals surface area contributed by atoms with Gasteiger partial charge in [-0.05, 0) is 26.3 Å². The summed E-state index contributed by atoms with van der Waals surface area (Å²) < 4.78 is 6.32. The lowest BCUT2D eigenvalue weighted by Gasteiger charge is -2.13. The van der Waals surface area contributed by atoms with Gasteiger partial charge in [0, 0.05) is 10.9 Å². The van der Waals surface area contributed by atoms with Crippen molar-refractivity contribution in [3.8, 4) is 11.3 Å². The molecule has 0 spiro atoms. The molecule has 1 amide bonds. The quantitative estimate of drug-likeness (QED) is 0.424. The summed E-state index contributed by atoms with van der Waals surface area (Å²) in [6.45, 7) is 5.26. The second kappa shape index (κ2) is 9.01. The van der Waals surface area contributed by atoms with Crippen LogP contribution in [-0.4, -0.2) is 33.0 Å². The maximum absolute atomic E-state index is 13.1. The highest BCUT2D eigenvalue weighted by Gasteiger charge is 2.24. The number of nitrogens with zero attached hydrogens (tertiary/aromatic N) is 3. The van der Waals surface area contributed by atoms with Crippen LogP contribution < -0.4 is 10.9 Å². The van der Waals surface area contributed by atoms with Gasteiger partial charge in [-0.25, -0.2) is 14.8 Å². The van der Waals surface area contributed by atoms with Gasteiger partial charge in [0.15, 0.2) is 5.13 Å². The van der Waals surface area contributed by atoms with E-state index >= 15 is 0 Å². The number of thiazole rings is 1. The Morgan fingerprint density at radius 1 is 1.25 bits per heavy atom. The molecule has 3 aromatic heterocycles. The number of rotatable bonds is 6. The van der Waals surface area contributed by atoms with Crippen LogP contribution in [-0.2, 0) is 9.53 Å². The van der Waals surface area contributed by atoms with E-state index in [0.29, 0.717) is 25.8 Å². The van der Waals surface area contributed by atoms with E-state index in [0.717, 1.165) is 22.6 Å². The molecule has 4 aromatic rings. The van der Waals surface area contributed by atoms with Crippen molar-refractivity contribution in [2.45, 2.75) is 26.8 Å². The normalized spacial score (nSPS) is 12.0. The Balaban J connectivity index is 1.59. The van der Waals surface area contributed by atoms with E-state index in [1.165, 1.54) is 22.2 Å². The van der Waals surface area contributed by atoms with Crippen molar-refractivity contribution in [1.29, 1.82) is 0 Å². The van der Waals surface area contributed by atoms with Gasteiger partial charge in [-0.3, -0.25) is 14.2 Å². The molecular weight excluding hydrogens is 448 g/mol. The van der Waals surface area contributed by atoms with E-state index in [1.807, 2.05) is 35.7 Å². The molecule has 0 aliphatic heterocycles. The highest BCUT2D eigenvalue weighted by molar-refractivity contribution is 7.20. The number of aromatic nitrogens is 3. The Labute approximate surface area is 191 Å². The Bertz CT molecular complexity index is 1360.